The Morgan fingerprint density at radius 1 is 1.36 bits per heavy atom. The van der Waals surface area contributed by atoms with E-state index in [0.717, 1.165) is 18.1 Å². The van der Waals surface area contributed by atoms with Crippen molar-refractivity contribution in [2.75, 3.05) is 6.54 Å². The fourth-order valence-electron chi connectivity index (χ4n) is 2.38. The summed E-state index contributed by atoms with van der Waals surface area (Å²) in [5.74, 6) is -2.39. The summed E-state index contributed by atoms with van der Waals surface area (Å²) in [5.41, 5.74) is 7.51. The van der Waals surface area contributed by atoms with Gasteiger partial charge in [-0.1, -0.05) is 6.92 Å². The number of hydrogen-bond acceptors (Lipinski definition) is 4. The predicted molar refractivity (Wildman–Crippen MR) is 90.6 cm³/mol. The Balaban J connectivity index is 2.30. The normalized spacial score (nSPS) is 12.0. The van der Waals surface area contributed by atoms with Crippen LogP contribution >= 0.6 is 0 Å². The van der Waals surface area contributed by atoms with Crippen LogP contribution in [-0.2, 0) is 17.8 Å². The summed E-state index contributed by atoms with van der Waals surface area (Å²) >= 11 is 0. The van der Waals surface area contributed by atoms with Crippen molar-refractivity contribution in [1.29, 1.82) is 0 Å². The minimum atomic E-state index is -1.22. The van der Waals surface area contributed by atoms with E-state index in [1.807, 2.05) is 20.0 Å². The molecule has 0 aliphatic carbocycles. The first-order valence-electron chi connectivity index (χ1n) is 7.99. The van der Waals surface area contributed by atoms with Crippen LogP contribution < -0.4 is 11.1 Å². The van der Waals surface area contributed by atoms with Gasteiger partial charge in [-0.05, 0) is 37.1 Å². The minimum Gasteiger partial charge on any atom is -0.480 e. The van der Waals surface area contributed by atoms with Gasteiger partial charge >= 0.3 is 5.97 Å². The van der Waals surface area contributed by atoms with Crippen LogP contribution in [0.15, 0.2) is 24.4 Å². The third-order valence-corrected chi connectivity index (χ3v) is 3.78. The van der Waals surface area contributed by atoms with Crippen LogP contribution in [0.25, 0.3) is 11.3 Å². The molecule has 1 aromatic heterocycles. The van der Waals surface area contributed by atoms with E-state index in [0.29, 0.717) is 17.8 Å². The van der Waals surface area contributed by atoms with E-state index in [2.05, 4.69) is 10.4 Å². The first-order valence-corrected chi connectivity index (χ1v) is 7.99. The van der Waals surface area contributed by atoms with Gasteiger partial charge in [-0.3, -0.25) is 14.3 Å². The van der Waals surface area contributed by atoms with Crippen molar-refractivity contribution in [3.05, 3.63) is 41.3 Å². The highest BCUT2D eigenvalue weighted by molar-refractivity contribution is 5.95. The monoisotopic (exact) mass is 348 g/mol. The molecule has 1 amide bonds. The maximum absolute atomic E-state index is 14.0. The number of hydrogen-bond donors (Lipinski definition) is 3. The molecule has 0 saturated heterocycles. The molecule has 1 heterocycles. The van der Waals surface area contributed by atoms with E-state index < -0.39 is 23.7 Å². The van der Waals surface area contributed by atoms with Gasteiger partial charge in [0, 0.05) is 30.4 Å². The lowest BCUT2D eigenvalue weighted by Crippen LogP contribution is -2.42. The number of nitrogens with zero attached hydrogens (tertiary/aromatic N) is 2. The predicted octanol–water partition coefficient (Wildman–Crippen LogP) is 1.41. The zero-order valence-corrected chi connectivity index (χ0v) is 14.1. The zero-order valence-electron chi connectivity index (χ0n) is 14.1. The molecule has 4 N–H and O–H groups in total. The molecule has 0 aliphatic heterocycles. The maximum atomic E-state index is 14.0. The third kappa shape index (κ3) is 4.42. The van der Waals surface area contributed by atoms with E-state index in [-0.39, 0.29) is 12.1 Å². The molecule has 0 aliphatic rings. The Morgan fingerprint density at radius 3 is 2.68 bits per heavy atom. The molecule has 0 fully saturated rings. The van der Waals surface area contributed by atoms with Gasteiger partial charge in [0.15, 0.2) is 0 Å². The summed E-state index contributed by atoms with van der Waals surface area (Å²) in [7, 11) is 0. The van der Waals surface area contributed by atoms with Gasteiger partial charge < -0.3 is 16.2 Å². The molecule has 0 radical (unpaired) electrons. The largest absolute Gasteiger partial charge is 0.480 e. The van der Waals surface area contributed by atoms with Gasteiger partial charge in [0.1, 0.15) is 11.9 Å². The van der Waals surface area contributed by atoms with Crippen molar-refractivity contribution in [3.63, 3.8) is 0 Å². The average Bonchev–Trinajstić information content (AvgIpc) is 3.02. The number of carboxylic acids is 1. The number of benzene rings is 1. The molecule has 25 heavy (non-hydrogen) atoms. The van der Waals surface area contributed by atoms with Crippen LogP contribution in [0.4, 0.5) is 4.39 Å². The topological polar surface area (TPSA) is 110 Å². The first kappa shape index (κ1) is 18.6. The number of nitrogens with two attached hydrogens (primary N) is 1. The van der Waals surface area contributed by atoms with Gasteiger partial charge in [0.2, 0.25) is 0 Å². The molecule has 8 heteroatoms. The number of carboxylic acid groups (broad SMARTS) is 1. The van der Waals surface area contributed by atoms with Gasteiger partial charge in [-0.2, -0.15) is 5.10 Å². The van der Waals surface area contributed by atoms with Crippen molar-refractivity contribution in [3.8, 4) is 11.3 Å². The number of halogens is 1. The van der Waals surface area contributed by atoms with Crippen molar-refractivity contribution in [1.82, 2.24) is 15.1 Å². The fourth-order valence-corrected chi connectivity index (χ4v) is 2.38. The van der Waals surface area contributed by atoms with Crippen molar-refractivity contribution >= 4 is 11.9 Å². The lowest BCUT2D eigenvalue weighted by atomic mass is 10.0. The van der Waals surface area contributed by atoms with Crippen LogP contribution in [0.5, 0.6) is 0 Å². The standard InChI is InChI=1S/C17H21FN4O3/c1-3-10-9-22(4-2)21-15(10)11-5-12(7-13(18)6-11)16(23)20-8-14(19)17(24)25/h5-7,9,14H,3-4,8,19H2,1-2H3,(H,20,23)(H,24,25)/t14-/m1/s1. The second kappa shape index (κ2) is 7.89. The van der Waals surface area contributed by atoms with E-state index in [4.69, 9.17) is 10.8 Å². The van der Waals surface area contributed by atoms with Gasteiger partial charge in [-0.25, -0.2) is 4.39 Å². The van der Waals surface area contributed by atoms with E-state index in [1.165, 1.54) is 12.1 Å². The Hall–Kier alpha value is -2.74. The van der Waals surface area contributed by atoms with E-state index in [9.17, 15) is 14.0 Å². The van der Waals surface area contributed by atoms with Crippen molar-refractivity contribution in [2.45, 2.75) is 32.9 Å². The number of rotatable bonds is 7. The lowest BCUT2D eigenvalue weighted by Gasteiger charge is -2.10. The number of amides is 1. The molecule has 7 nitrogen and oxygen atoms in total. The summed E-state index contributed by atoms with van der Waals surface area (Å²) in [6, 6.07) is 2.73. The van der Waals surface area contributed by atoms with Crippen LogP contribution in [0.3, 0.4) is 0 Å². The molecule has 0 unspecified atom stereocenters. The molecular formula is C17H21FN4O3. The zero-order chi connectivity index (χ0) is 18.6. The Morgan fingerprint density at radius 2 is 2.08 bits per heavy atom. The van der Waals surface area contributed by atoms with Crippen LogP contribution in [-0.4, -0.2) is 39.4 Å². The number of carbonyl (C=O) groups is 2. The lowest BCUT2D eigenvalue weighted by molar-refractivity contribution is -0.138. The van der Waals surface area contributed by atoms with Gasteiger partial charge in [-0.15, -0.1) is 0 Å². The quantitative estimate of drug-likeness (QED) is 0.701. The highest BCUT2D eigenvalue weighted by Crippen LogP contribution is 2.25. The second-order valence-corrected chi connectivity index (χ2v) is 5.60. The Bertz CT molecular complexity index is 788. The fraction of sp³-hybridized carbons (Fsp3) is 0.353. The number of carbonyl (C=O) groups excluding carboxylic acids is 1. The molecule has 2 rings (SSSR count). The molecular weight excluding hydrogens is 327 g/mol. The second-order valence-electron chi connectivity index (χ2n) is 5.60. The number of aliphatic carboxylic acids is 1. The first-order chi connectivity index (χ1) is 11.8. The summed E-state index contributed by atoms with van der Waals surface area (Å²) in [5, 5.41) is 15.6. The third-order valence-electron chi connectivity index (χ3n) is 3.78. The summed E-state index contributed by atoms with van der Waals surface area (Å²) in [6.45, 7) is 4.36. The average molecular weight is 348 g/mol. The maximum Gasteiger partial charge on any atom is 0.322 e. The summed E-state index contributed by atoms with van der Waals surface area (Å²) in [4.78, 5) is 22.9. The smallest absolute Gasteiger partial charge is 0.322 e. The van der Waals surface area contributed by atoms with Crippen molar-refractivity contribution < 1.29 is 19.1 Å². The van der Waals surface area contributed by atoms with Crippen molar-refractivity contribution in [2.24, 2.45) is 5.73 Å². The molecule has 0 spiro atoms. The molecule has 2 aromatic rings. The molecule has 1 aromatic carbocycles. The van der Waals surface area contributed by atoms with E-state index >= 15 is 0 Å². The van der Waals surface area contributed by atoms with Crippen LogP contribution in [0, 0.1) is 5.82 Å². The molecule has 134 valence electrons. The van der Waals surface area contributed by atoms with E-state index in [1.54, 1.807) is 4.68 Å². The Kier molecular flexibility index (Phi) is 5.87. The number of aryl methyl sites for hydroxylation is 2. The van der Waals surface area contributed by atoms with Crippen LogP contribution in [0.2, 0.25) is 0 Å². The SMILES string of the molecule is CCc1cn(CC)nc1-c1cc(F)cc(C(=O)NC[C@@H](N)C(=O)O)c1. The van der Waals surface area contributed by atoms with Gasteiger partial charge in [0.05, 0.1) is 5.69 Å². The van der Waals surface area contributed by atoms with Crippen LogP contribution in [0.1, 0.15) is 29.8 Å². The molecule has 1 atom stereocenters. The number of nitrogens with one attached hydrogen (secondary N) is 1. The Labute approximate surface area is 144 Å². The number of aromatic nitrogens is 2. The minimum absolute atomic E-state index is 0.0840. The highest BCUT2D eigenvalue weighted by Gasteiger charge is 2.17. The molecule has 0 bridgehead atoms. The highest BCUT2D eigenvalue weighted by atomic mass is 19.1. The summed E-state index contributed by atoms with van der Waals surface area (Å²) < 4.78 is 15.7. The van der Waals surface area contributed by atoms with Gasteiger partial charge in [0.25, 0.3) is 5.91 Å². The summed E-state index contributed by atoms with van der Waals surface area (Å²) in [6.07, 6.45) is 2.62. The molecule has 0 saturated carbocycles.